The Bertz CT molecular complexity index is 1240. The van der Waals surface area contributed by atoms with Gasteiger partial charge >= 0.3 is 5.69 Å². The highest BCUT2D eigenvalue weighted by atomic mass is 35.5. The van der Waals surface area contributed by atoms with Crippen molar-refractivity contribution in [1.29, 1.82) is 0 Å². The lowest BCUT2D eigenvalue weighted by Crippen LogP contribution is -2.15. The number of hydrogen-bond donors (Lipinski definition) is 2. The second kappa shape index (κ2) is 6.94. The average molecular weight is 394 g/mol. The monoisotopic (exact) mass is 393 g/mol. The zero-order valence-corrected chi connectivity index (χ0v) is 15.7. The molecule has 0 fully saturated rings. The van der Waals surface area contributed by atoms with Gasteiger partial charge in [-0.2, -0.15) is 0 Å². The average Bonchev–Trinajstić information content (AvgIpc) is 3.03. The van der Waals surface area contributed by atoms with Gasteiger partial charge in [0.2, 0.25) is 0 Å². The van der Waals surface area contributed by atoms with Gasteiger partial charge in [-0.15, -0.1) is 0 Å². The van der Waals surface area contributed by atoms with E-state index in [2.05, 4.69) is 21.9 Å². The first-order chi connectivity index (χ1) is 13.5. The summed E-state index contributed by atoms with van der Waals surface area (Å²) in [5.74, 6) is -0.436. The number of aromatic nitrogens is 4. The summed E-state index contributed by atoms with van der Waals surface area (Å²) in [7, 11) is 0. The molecule has 0 aliphatic carbocycles. The number of hydrogen-bond acceptors (Lipinski definition) is 4. The molecule has 0 saturated heterocycles. The molecule has 8 heteroatoms. The summed E-state index contributed by atoms with van der Waals surface area (Å²) in [6.45, 7) is 2.06. The Morgan fingerprint density at radius 2 is 1.79 bits per heavy atom. The van der Waals surface area contributed by atoms with E-state index in [-0.39, 0.29) is 16.9 Å². The predicted molar refractivity (Wildman–Crippen MR) is 108 cm³/mol. The third-order valence-corrected chi connectivity index (χ3v) is 4.73. The molecule has 7 nitrogen and oxygen atoms in total. The van der Waals surface area contributed by atoms with Crippen LogP contribution in [0.25, 0.3) is 28.2 Å². The zero-order chi connectivity index (χ0) is 19.8. The van der Waals surface area contributed by atoms with E-state index in [4.69, 9.17) is 17.3 Å². The largest absolute Gasteiger partial charge is 0.364 e. The quantitative estimate of drug-likeness (QED) is 0.555. The molecular formula is C20H16ClN5O2. The van der Waals surface area contributed by atoms with Gasteiger partial charge in [-0.05, 0) is 36.2 Å². The Morgan fingerprint density at radius 3 is 2.39 bits per heavy atom. The number of amides is 1. The van der Waals surface area contributed by atoms with Gasteiger partial charge in [-0.1, -0.05) is 42.8 Å². The lowest BCUT2D eigenvalue weighted by molar-refractivity contribution is 0.0997. The van der Waals surface area contributed by atoms with E-state index < -0.39 is 11.6 Å². The van der Waals surface area contributed by atoms with E-state index >= 15 is 0 Å². The number of imidazole rings is 1. The van der Waals surface area contributed by atoms with Crippen LogP contribution >= 0.6 is 11.6 Å². The van der Waals surface area contributed by atoms with Gasteiger partial charge in [0, 0.05) is 10.6 Å². The number of nitrogens with two attached hydrogens (primary N) is 1. The maximum atomic E-state index is 12.6. The van der Waals surface area contributed by atoms with Crippen LogP contribution in [0.2, 0.25) is 5.02 Å². The van der Waals surface area contributed by atoms with Gasteiger partial charge in [0.1, 0.15) is 5.52 Å². The maximum absolute atomic E-state index is 12.6. The highest BCUT2D eigenvalue weighted by molar-refractivity contribution is 6.30. The minimum Gasteiger partial charge on any atom is -0.364 e. The van der Waals surface area contributed by atoms with Crippen LogP contribution in [0.1, 0.15) is 23.0 Å². The number of aromatic amines is 1. The van der Waals surface area contributed by atoms with E-state index in [1.54, 1.807) is 24.3 Å². The summed E-state index contributed by atoms with van der Waals surface area (Å²) in [5, 5.41) is 0.542. The van der Waals surface area contributed by atoms with Gasteiger partial charge < -0.3 is 10.7 Å². The summed E-state index contributed by atoms with van der Waals surface area (Å²) < 4.78 is 1.36. The number of H-pyrrole nitrogens is 1. The van der Waals surface area contributed by atoms with E-state index in [0.29, 0.717) is 16.5 Å². The van der Waals surface area contributed by atoms with E-state index in [1.165, 1.54) is 10.1 Å². The molecule has 28 heavy (non-hydrogen) atoms. The van der Waals surface area contributed by atoms with Crippen molar-refractivity contribution < 1.29 is 4.79 Å². The van der Waals surface area contributed by atoms with Crippen molar-refractivity contribution in [2.24, 2.45) is 5.73 Å². The Morgan fingerprint density at radius 1 is 1.11 bits per heavy atom. The third-order valence-electron chi connectivity index (χ3n) is 4.48. The number of halogens is 1. The van der Waals surface area contributed by atoms with Crippen LogP contribution in [0.3, 0.4) is 0 Å². The molecule has 4 rings (SSSR count). The van der Waals surface area contributed by atoms with Crippen molar-refractivity contribution in [3.05, 3.63) is 75.3 Å². The Labute approximate surface area is 164 Å². The fourth-order valence-electron chi connectivity index (χ4n) is 3.01. The SMILES string of the molecule is CCc1ccc(-c2nc(C(N)=O)c3[nH]c(=O)n(-c4ccc(Cl)cc4)c3n2)cc1. The normalized spacial score (nSPS) is 11.1. The molecule has 0 radical (unpaired) electrons. The Balaban J connectivity index is 2.00. The summed E-state index contributed by atoms with van der Waals surface area (Å²) in [6.07, 6.45) is 0.903. The fraction of sp³-hybridized carbons (Fsp3) is 0.100. The van der Waals surface area contributed by atoms with Gasteiger partial charge in [0.25, 0.3) is 5.91 Å². The lowest BCUT2D eigenvalue weighted by atomic mass is 10.1. The minimum absolute atomic E-state index is 0.0376. The first-order valence-electron chi connectivity index (χ1n) is 8.65. The summed E-state index contributed by atoms with van der Waals surface area (Å²) >= 11 is 5.95. The molecule has 0 atom stereocenters. The summed E-state index contributed by atoms with van der Waals surface area (Å²) in [5.41, 5.74) is 7.93. The standard InChI is InChI=1S/C20H16ClN5O2/c1-2-11-3-5-12(6-4-11)18-23-15(17(22)27)16-19(25-18)26(20(28)24-16)14-9-7-13(21)8-10-14/h3-10H,2H2,1H3,(H2,22,27)(H,24,28). The van der Waals surface area contributed by atoms with Crippen molar-refractivity contribution >= 4 is 28.7 Å². The number of nitrogens with one attached hydrogen (secondary N) is 1. The smallest absolute Gasteiger partial charge is 0.332 e. The minimum atomic E-state index is -0.747. The number of carbonyl (C=O) groups excluding carboxylic acids is 1. The van der Waals surface area contributed by atoms with Gasteiger partial charge in [0.15, 0.2) is 17.2 Å². The van der Waals surface area contributed by atoms with E-state index in [1.807, 2.05) is 24.3 Å². The molecule has 0 spiro atoms. The number of aryl methyl sites for hydroxylation is 1. The van der Waals surface area contributed by atoms with Crippen LogP contribution in [0.15, 0.2) is 53.3 Å². The van der Waals surface area contributed by atoms with E-state index in [0.717, 1.165) is 12.0 Å². The molecule has 3 N–H and O–H groups in total. The number of benzene rings is 2. The molecule has 4 aromatic rings. The number of rotatable bonds is 4. The second-order valence-corrected chi connectivity index (χ2v) is 6.69. The van der Waals surface area contributed by atoms with Crippen LogP contribution < -0.4 is 11.4 Å². The van der Waals surface area contributed by atoms with Crippen molar-refractivity contribution in [3.8, 4) is 17.1 Å². The third kappa shape index (κ3) is 3.05. The van der Waals surface area contributed by atoms with Crippen molar-refractivity contribution in [2.75, 3.05) is 0 Å². The first kappa shape index (κ1) is 17.9. The molecular weight excluding hydrogens is 378 g/mol. The van der Waals surface area contributed by atoms with Crippen molar-refractivity contribution in [2.45, 2.75) is 13.3 Å². The van der Waals surface area contributed by atoms with Crippen molar-refractivity contribution in [1.82, 2.24) is 19.5 Å². The van der Waals surface area contributed by atoms with Crippen molar-refractivity contribution in [3.63, 3.8) is 0 Å². The maximum Gasteiger partial charge on any atom is 0.332 e. The van der Waals surface area contributed by atoms with Gasteiger partial charge in [-0.25, -0.2) is 19.3 Å². The fourth-order valence-corrected chi connectivity index (χ4v) is 3.14. The molecule has 2 aromatic carbocycles. The molecule has 0 aliphatic rings. The highest BCUT2D eigenvalue weighted by Gasteiger charge is 2.20. The first-order valence-corrected chi connectivity index (χ1v) is 9.03. The Kier molecular flexibility index (Phi) is 4.44. The molecule has 0 bridgehead atoms. The van der Waals surface area contributed by atoms with Crippen LogP contribution in [-0.2, 0) is 6.42 Å². The topological polar surface area (TPSA) is 107 Å². The summed E-state index contributed by atoms with van der Waals surface area (Å²) in [6, 6.07) is 14.4. The zero-order valence-electron chi connectivity index (χ0n) is 14.9. The van der Waals surface area contributed by atoms with Crippen LogP contribution in [0.4, 0.5) is 0 Å². The molecule has 0 unspecified atom stereocenters. The predicted octanol–water partition coefficient (Wildman–Crippen LogP) is 3.09. The number of primary amides is 1. The number of carbonyl (C=O) groups is 1. The summed E-state index contributed by atoms with van der Waals surface area (Å²) in [4.78, 5) is 36.0. The van der Waals surface area contributed by atoms with Gasteiger partial charge in [-0.3, -0.25) is 4.79 Å². The van der Waals surface area contributed by atoms with Crippen LogP contribution in [-0.4, -0.2) is 25.4 Å². The molecule has 2 heterocycles. The highest BCUT2D eigenvalue weighted by Crippen LogP contribution is 2.23. The lowest BCUT2D eigenvalue weighted by Gasteiger charge is -2.07. The molecule has 2 aromatic heterocycles. The molecule has 0 aliphatic heterocycles. The van der Waals surface area contributed by atoms with E-state index in [9.17, 15) is 9.59 Å². The second-order valence-electron chi connectivity index (χ2n) is 6.25. The van der Waals surface area contributed by atoms with Crippen LogP contribution in [0, 0.1) is 0 Å². The molecule has 0 saturated carbocycles. The molecule has 1 amide bonds. The Hall–Kier alpha value is -3.45. The number of nitrogens with zero attached hydrogens (tertiary/aromatic N) is 3. The van der Waals surface area contributed by atoms with Crippen LogP contribution in [0.5, 0.6) is 0 Å². The molecule has 140 valence electrons. The van der Waals surface area contributed by atoms with Gasteiger partial charge in [0.05, 0.1) is 5.69 Å². The number of fused-ring (bicyclic) bond motifs is 1.